The Balaban J connectivity index is 2.34. The highest BCUT2D eigenvalue weighted by Gasteiger charge is 2.22. The van der Waals surface area contributed by atoms with Gasteiger partial charge in [0.25, 0.3) is 5.91 Å². The Labute approximate surface area is 128 Å². The fourth-order valence-electron chi connectivity index (χ4n) is 1.49. The Hall–Kier alpha value is -1.57. The van der Waals surface area contributed by atoms with Crippen molar-refractivity contribution in [2.75, 3.05) is 6.61 Å². The van der Waals surface area contributed by atoms with E-state index in [0.29, 0.717) is 14.8 Å². The summed E-state index contributed by atoms with van der Waals surface area (Å²) in [6.45, 7) is -0.516. The van der Waals surface area contributed by atoms with Gasteiger partial charge >= 0.3 is 5.97 Å². The van der Waals surface area contributed by atoms with E-state index in [1.807, 2.05) is 0 Å². The van der Waals surface area contributed by atoms with Crippen LogP contribution in [0.15, 0.2) is 23.1 Å². The van der Waals surface area contributed by atoms with Crippen LogP contribution in [0.1, 0.15) is 5.56 Å². The number of nitrogens with one attached hydrogen (secondary N) is 1. The summed E-state index contributed by atoms with van der Waals surface area (Å²) in [5.74, 6) is -1.20. The normalized spacial score (nSPS) is 16.4. The van der Waals surface area contributed by atoms with Crippen molar-refractivity contribution in [3.63, 3.8) is 0 Å². The number of rotatable bonds is 4. The number of carboxylic acid groups (broad SMARTS) is 1. The van der Waals surface area contributed by atoms with Gasteiger partial charge in [0, 0.05) is 5.56 Å². The van der Waals surface area contributed by atoms with E-state index in [2.05, 4.69) is 5.32 Å². The van der Waals surface area contributed by atoms with Crippen LogP contribution in [0.5, 0.6) is 5.75 Å². The van der Waals surface area contributed by atoms with Crippen molar-refractivity contribution < 1.29 is 19.4 Å². The van der Waals surface area contributed by atoms with E-state index in [1.54, 1.807) is 24.3 Å². The summed E-state index contributed by atoms with van der Waals surface area (Å²) < 4.78 is 5.52. The number of aliphatic carboxylic acids is 1. The van der Waals surface area contributed by atoms with Gasteiger partial charge in [-0.15, -0.1) is 0 Å². The van der Waals surface area contributed by atoms with Crippen LogP contribution in [0.2, 0.25) is 5.02 Å². The van der Waals surface area contributed by atoms with Gasteiger partial charge in [0.1, 0.15) is 10.1 Å². The molecule has 0 saturated carbocycles. The van der Waals surface area contributed by atoms with Crippen LogP contribution >= 0.6 is 35.6 Å². The van der Waals surface area contributed by atoms with Crippen LogP contribution in [-0.4, -0.2) is 27.9 Å². The molecule has 104 valence electrons. The average Bonchev–Trinajstić information content (AvgIpc) is 2.67. The number of para-hydroxylation sites is 1. The minimum absolute atomic E-state index is 0.218. The molecule has 20 heavy (non-hydrogen) atoms. The third-order valence-corrected chi connectivity index (χ3v) is 3.73. The lowest BCUT2D eigenvalue weighted by atomic mass is 10.2. The molecule has 2 N–H and O–H groups in total. The standard InChI is InChI=1S/C12H8ClNO4S2/c13-7-3-1-2-6(10(7)18-5-9(15)16)4-8-11(17)14-12(19)20-8/h1-4H,5H2,(H,15,16)(H,14,17,19)/b8-4+. The summed E-state index contributed by atoms with van der Waals surface area (Å²) in [6, 6.07) is 4.93. The highest BCUT2D eigenvalue weighted by atomic mass is 35.5. The number of carboxylic acids is 1. The third-order valence-electron chi connectivity index (χ3n) is 2.27. The smallest absolute Gasteiger partial charge is 0.341 e. The maximum atomic E-state index is 11.6. The van der Waals surface area contributed by atoms with E-state index in [9.17, 15) is 9.59 Å². The Morgan fingerprint density at radius 1 is 1.55 bits per heavy atom. The number of amides is 1. The summed E-state index contributed by atoms with van der Waals surface area (Å²) >= 11 is 12.0. The molecule has 0 spiro atoms. The zero-order valence-electron chi connectivity index (χ0n) is 9.88. The number of carbonyl (C=O) groups excluding carboxylic acids is 1. The molecule has 0 atom stereocenters. The van der Waals surface area contributed by atoms with Gasteiger partial charge < -0.3 is 15.2 Å². The number of benzene rings is 1. The van der Waals surface area contributed by atoms with Gasteiger partial charge in [-0.2, -0.15) is 0 Å². The first-order valence-electron chi connectivity index (χ1n) is 5.35. The maximum absolute atomic E-state index is 11.6. The molecule has 1 aromatic rings. The monoisotopic (exact) mass is 329 g/mol. The van der Waals surface area contributed by atoms with E-state index in [4.69, 9.17) is 33.7 Å². The predicted molar refractivity (Wildman–Crippen MR) is 80.9 cm³/mol. The van der Waals surface area contributed by atoms with Crippen molar-refractivity contribution in [1.82, 2.24) is 5.32 Å². The lowest BCUT2D eigenvalue weighted by Crippen LogP contribution is -2.17. The van der Waals surface area contributed by atoms with Gasteiger partial charge in [0.15, 0.2) is 6.61 Å². The first-order valence-corrected chi connectivity index (χ1v) is 6.95. The van der Waals surface area contributed by atoms with Crippen LogP contribution in [0, 0.1) is 0 Å². The molecule has 5 nitrogen and oxygen atoms in total. The highest BCUT2D eigenvalue weighted by Crippen LogP contribution is 2.33. The fraction of sp³-hybridized carbons (Fsp3) is 0.0833. The lowest BCUT2D eigenvalue weighted by molar-refractivity contribution is -0.139. The number of carbonyl (C=O) groups is 2. The number of thiocarbonyl (C=S) groups is 1. The molecule has 1 aromatic carbocycles. The molecule has 1 fully saturated rings. The highest BCUT2D eigenvalue weighted by molar-refractivity contribution is 8.26. The van der Waals surface area contributed by atoms with E-state index in [1.165, 1.54) is 0 Å². The molecule has 0 aromatic heterocycles. The van der Waals surface area contributed by atoms with Crippen molar-refractivity contribution >= 4 is 57.9 Å². The van der Waals surface area contributed by atoms with Gasteiger partial charge in [0.05, 0.1) is 9.93 Å². The molecule has 0 bridgehead atoms. The van der Waals surface area contributed by atoms with E-state index in [-0.39, 0.29) is 16.7 Å². The molecule has 1 amide bonds. The van der Waals surface area contributed by atoms with Crippen LogP contribution in [0.4, 0.5) is 0 Å². The maximum Gasteiger partial charge on any atom is 0.341 e. The van der Waals surface area contributed by atoms with Gasteiger partial charge in [-0.1, -0.05) is 47.7 Å². The Morgan fingerprint density at radius 2 is 2.30 bits per heavy atom. The zero-order chi connectivity index (χ0) is 14.7. The summed E-state index contributed by atoms with van der Waals surface area (Å²) in [5.41, 5.74) is 0.515. The van der Waals surface area contributed by atoms with E-state index >= 15 is 0 Å². The van der Waals surface area contributed by atoms with Crippen LogP contribution in [0.25, 0.3) is 6.08 Å². The summed E-state index contributed by atoms with van der Waals surface area (Å²) in [7, 11) is 0. The number of hydrogen-bond acceptors (Lipinski definition) is 5. The predicted octanol–water partition coefficient (Wildman–Crippen LogP) is 2.29. The van der Waals surface area contributed by atoms with Crippen LogP contribution in [0.3, 0.4) is 0 Å². The minimum atomic E-state index is -1.11. The van der Waals surface area contributed by atoms with E-state index in [0.717, 1.165) is 11.8 Å². The lowest BCUT2D eigenvalue weighted by Gasteiger charge is -2.09. The minimum Gasteiger partial charge on any atom is -0.480 e. The largest absolute Gasteiger partial charge is 0.480 e. The third kappa shape index (κ3) is 3.50. The SMILES string of the molecule is O=C(O)COc1c(Cl)cccc1/C=C1/SC(=S)NC1=O. The average molecular weight is 330 g/mol. The van der Waals surface area contributed by atoms with Crippen LogP contribution in [-0.2, 0) is 9.59 Å². The van der Waals surface area contributed by atoms with Gasteiger partial charge in [-0.05, 0) is 12.1 Å². The number of halogens is 1. The van der Waals surface area contributed by atoms with Crippen molar-refractivity contribution in [2.45, 2.75) is 0 Å². The molecule has 0 radical (unpaired) electrons. The number of hydrogen-bond donors (Lipinski definition) is 2. The van der Waals surface area contributed by atoms with Crippen molar-refractivity contribution in [3.8, 4) is 5.75 Å². The fourth-order valence-corrected chi connectivity index (χ4v) is 2.76. The molecule has 8 heteroatoms. The summed E-state index contributed by atoms with van der Waals surface area (Å²) in [5, 5.41) is 11.4. The Kier molecular flexibility index (Phi) is 4.64. The molecule has 0 unspecified atom stereocenters. The Bertz CT molecular complexity index is 630. The van der Waals surface area contributed by atoms with E-state index < -0.39 is 12.6 Å². The second-order valence-corrected chi connectivity index (χ2v) is 5.82. The first-order chi connectivity index (χ1) is 9.47. The van der Waals surface area contributed by atoms with Crippen molar-refractivity contribution in [3.05, 3.63) is 33.7 Å². The topological polar surface area (TPSA) is 75.6 Å². The Morgan fingerprint density at radius 3 is 2.90 bits per heavy atom. The van der Waals surface area contributed by atoms with Crippen LogP contribution < -0.4 is 10.1 Å². The zero-order valence-corrected chi connectivity index (χ0v) is 12.3. The molecule has 1 heterocycles. The van der Waals surface area contributed by atoms with Crippen molar-refractivity contribution in [2.24, 2.45) is 0 Å². The number of ether oxygens (including phenoxy) is 1. The first kappa shape index (κ1) is 14.8. The number of thioether (sulfide) groups is 1. The van der Waals surface area contributed by atoms with Gasteiger partial charge in [0.2, 0.25) is 0 Å². The molecule has 1 saturated heterocycles. The summed E-state index contributed by atoms with van der Waals surface area (Å²) in [6.07, 6.45) is 1.56. The summed E-state index contributed by atoms with van der Waals surface area (Å²) in [4.78, 5) is 22.6. The quantitative estimate of drug-likeness (QED) is 0.652. The molecule has 0 aliphatic carbocycles. The second-order valence-electron chi connectivity index (χ2n) is 3.69. The van der Waals surface area contributed by atoms with Crippen molar-refractivity contribution in [1.29, 1.82) is 0 Å². The van der Waals surface area contributed by atoms with Gasteiger partial charge in [-0.3, -0.25) is 4.79 Å². The molecule has 2 rings (SSSR count). The molecular formula is C12H8ClNO4S2. The molecular weight excluding hydrogens is 322 g/mol. The molecule has 1 aliphatic heterocycles. The second kappa shape index (κ2) is 6.25. The molecule has 1 aliphatic rings. The van der Waals surface area contributed by atoms with Gasteiger partial charge in [-0.25, -0.2) is 4.79 Å².